The van der Waals surface area contributed by atoms with Gasteiger partial charge in [-0.05, 0) is 30.5 Å². The molecular formula is C20H24N2O2. The second kappa shape index (κ2) is 8.39. The SMILES string of the molecule is O=C(Nc1ccccc1NC1CCCCC1)OCc1ccccc1. The van der Waals surface area contributed by atoms with Crippen molar-refractivity contribution in [1.29, 1.82) is 0 Å². The molecule has 1 aliphatic rings. The molecule has 4 nitrogen and oxygen atoms in total. The normalized spacial score (nSPS) is 14.8. The van der Waals surface area contributed by atoms with E-state index in [4.69, 9.17) is 4.74 Å². The first-order chi connectivity index (χ1) is 11.8. The van der Waals surface area contributed by atoms with Crippen molar-refractivity contribution in [3.63, 3.8) is 0 Å². The van der Waals surface area contributed by atoms with Gasteiger partial charge in [-0.25, -0.2) is 4.79 Å². The van der Waals surface area contributed by atoms with Crippen molar-refractivity contribution in [2.75, 3.05) is 10.6 Å². The maximum absolute atomic E-state index is 12.1. The maximum atomic E-state index is 12.1. The number of nitrogens with one attached hydrogen (secondary N) is 2. The summed E-state index contributed by atoms with van der Waals surface area (Å²) in [5, 5.41) is 6.41. The average molecular weight is 324 g/mol. The van der Waals surface area contributed by atoms with E-state index in [1.807, 2.05) is 54.6 Å². The van der Waals surface area contributed by atoms with E-state index in [1.54, 1.807) is 0 Å². The summed E-state index contributed by atoms with van der Waals surface area (Å²) in [6, 6.07) is 18.0. The predicted octanol–water partition coefficient (Wildman–Crippen LogP) is 5.18. The van der Waals surface area contributed by atoms with Crippen molar-refractivity contribution in [2.45, 2.75) is 44.8 Å². The highest BCUT2D eigenvalue weighted by atomic mass is 16.5. The number of hydrogen-bond acceptors (Lipinski definition) is 3. The number of anilines is 2. The molecule has 2 aromatic rings. The second-order valence-corrected chi connectivity index (χ2v) is 6.21. The molecule has 0 atom stereocenters. The molecule has 1 amide bonds. The Morgan fingerprint density at radius 2 is 1.58 bits per heavy atom. The van der Waals surface area contributed by atoms with Gasteiger partial charge < -0.3 is 10.1 Å². The van der Waals surface area contributed by atoms with Gasteiger partial charge >= 0.3 is 6.09 Å². The van der Waals surface area contributed by atoms with Crippen molar-refractivity contribution >= 4 is 17.5 Å². The molecule has 4 heteroatoms. The Kier molecular flexibility index (Phi) is 5.72. The lowest BCUT2D eigenvalue weighted by Gasteiger charge is -2.25. The van der Waals surface area contributed by atoms with Gasteiger partial charge in [0.15, 0.2) is 0 Å². The summed E-state index contributed by atoms with van der Waals surface area (Å²) >= 11 is 0. The maximum Gasteiger partial charge on any atom is 0.412 e. The van der Waals surface area contributed by atoms with Crippen LogP contribution in [0, 0.1) is 0 Å². The molecule has 0 heterocycles. The van der Waals surface area contributed by atoms with Crippen LogP contribution in [0.15, 0.2) is 54.6 Å². The van der Waals surface area contributed by atoms with Gasteiger partial charge in [-0.3, -0.25) is 5.32 Å². The average Bonchev–Trinajstić information content (AvgIpc) is 2.63. The molecule has 1 aliphatic carbocycles. The summed E-state index contributed by atoms with van der Waals surface area (Å²) in [5.41, 5.74) is 2.70. The van der Waals surface area contributed by atoms with Crippen LogP contribution >= 0.6 is 0 Å². The first-order valence-electron chi connectivity index (χ1n) is 8.64. The van der Waals surface area contributed by atoms with Gasteiger partial charge in [0.1, 0.15) is 6.61 Å². The summed E-state index contributed by atoms with van der Waals surface area (Å²) in [6.07, 6.45) is 5.80. The molecule has 2 N–H and O–H groups in total. The topological polar surface area (TPSA) is 50.4 Å². The van der Waals surface area contributed by atoms with Crippen molar-refractivity contribution in [3.8, 4) is 0 Å². The Hall–Kier alpha value is -2.49. The number of carbonyl (C=O) groups is 1. The molecule has 0 unspecified atom stereocenters. The van der Waals surface area contributed by atoms with Gasteiger partial charge in [0, 0.05) is 6.04 Å². The van der Waals surface area contributed by atoms with E-state index >= 15 is 0 Å². The summed E-state index contributed by atoms with van der Waals surface area (Å²) in [5.74, 6) is 0. The van der Waals surface area contributed by atoms with Crippen molar-refractivity contribution in [2.24, 2.45) is 0 Å². The Morgan fingerprint density at radius 1 is 0.917 bits per heavy atom. The fourth-order valence-electron chi connectivity index (χ4n) is 3.05. The molecule has 0 aliphatic heterocycles. The van der Waals surface area contributed by atoms with Gasteiger partial charge in [-0.1, -0.05) is 61.7 Å². The number of rotatable bonds is 5. The van der Waals surface area contributed by atoms with E-state index in [9.17, 15) is 4.79 Å². The summed E-state index contributed by atoms with van der Waals surface area (Å²) in [7, 11) is 0. The van der Waals surface area contributed by atoms with Crippen LogP contribution in [0.1, 0.15) is 37.7 Å². The van der Waals surface area contributed by atoms with Gasteiger partial charge in [0.05, 0.1) is 11.4 Å². The molecule has 0 spiro atoms. The third-order valence-corrected chi connectivity index (χ3v) is 4.34. The number of ether oxygens (including phenoxy) is 1. The molecule has 1 fully saturated rings. The molecule has 126 valence electrons. The van der Waals surface area contributed by atoms with Crippen LogP contribution in [0.2, 0.25) is 0 Å². The number of amides is 1. The minimum Gasteiger partial charge on any atom is -0.444 e. The van der Waals surface area contributed by atoms with Crippen LogP contribution in [-0.2, 0) is 11.3 Å². The predicted molar refractivity (Wildman–Crippen MR) is 97.2 cm³/mol. The minimum absolute atomic E-state index is 0.269. The zero-order chi connectivity index (χ0) is 16.6. The van der Waals surface area contributed by atoms with Crippen LogP contribution in [0.4, 0.5) is 16.2 Å². The summed E-state index contributed by atoms with van der Waals surface area (Å²) in [6.45, 7) is 0.269. The number of hydrogen-bond donors (Lipinski definition) is 2. The Labute approximate surface area is 143 Å². The fraction of sp³-hybridized carbons (Fsp3) is 0.350. The summed E-state index contributed by atoms with van der Waals surface area (Å²) < 4.78 is 5.30. The third-order valence-electron chi connectivity index (χ3n) is 4.34. The van der Waals surface area contributed by atoms with Gasteiger partial charge in [0.2, 0.25) is 0 Å². The zero-order valence-electron chi connectivity index (χ0n) is 13.8. The number of carbonyl (C=O) groups excluding carboxylic acids is 1. The zero-order valence-corrected chi connectivity index (χ0v) is 13.8. The molecule has 0 bridgehead atoms. The van der Waals surface area contributed by atoms with Crippen molar-refractivity contribution in [1.82, 2.24) is 0 Å². The Balaban J connectivity index is 1.56. The number of benzene rings is 2. The van der Waals surface area contributed by atoms with E-state index in [-0.39, 0.29) is 6.61 Å². The lowest BCUT2D eigenvalue weighted by molar-refractivity contribution is 0.155. The molecular weight excluding hydrogens is 300 g/mol. The molecule has 24 heavy (non-hydrogen) atoms. The lowest BCUT2D eigenvalue weighted by Crippen LogP contribution is -2.23. The van der Waals surface area contributed by atoms with Crippen LogP contribution in [0.25, 0.3) is 0 Å². The van der Waals surface area contributed by atoms with E-state index in [2.05, 4.69) is 10.6 Å². The highest BCUT2D eigenvalue weighted by Gasteiger charge is 2.15. The van der Waals surface area contributed by atoms with E-state index in [1.165, 1.54) is 32.1 Å². The van der Waals surface area contributed by atoms with Crippen molar-refractivity contribution < 1.29 is 9.53 Å². The van der Waals surface area contributed by atoms with Crippen molar-refractivity contribution in [3.05, 3.63) is 60.2 Å². The molecule has 2 aromatic carbocycles. The fourth-order valence-corrected chi connectivity index (χ4v) is 3.05. The highest BCUT2D eigenvalue weighted by molar-refractivity contribution is 5.89. The standard InChI is InChI=1S/C20H24N2O2/c23-20(24-15-16-9-3-1-4-10-16)22-19-14-8-7-13-18(19)21-17-11-5-2-6-12-17/h1,3-4,7-10,13-14,17,21H,2,5-6,11-12,15H2,(H,22,23). The molecule has 1 saturated carbocycles. The monoisotopic (exact) mass is 324 g/mol. The Bertz CT molecular complexity index is 652. The highest BCUT2D eigenvalue weighted by Crippen LogP contribution is 2.26. The number of para-hydroxylation sites is 2. The Morgan fingerprint density at radius 3 is 2.33 bits per heavy atom. The first-order valence-corrected chi connectivity index (χ1v) is 8.64. The quantitative estimate of drug-likeness (QED) is 0.796. The molecule has 3 rings (SSSR count). The van der Waals surface area contributed by atoms with E-state index in [0.717, 1.165) is 16.9 Å². The molecule has 0 aromatic heterocycles. The largest absolute Gasteiger partial charge is 0.444 e. The van der Waals surface area contributed by atoms with Gasteiger partial charge in [-0.15, -0.1) is 0 Å². The first kappa shape index (κ1) is 16.4. The van der Waals surface area contributed by atoms with Crippen LogP contribution in [0.3, 0.4) is 0 Å². The minimum atomic E-state index is -0.434. The van der Waals surface area contributed by atoms with Crippen LogP contribution in [0.5, 0.6) is 0 Å². The third kappa shape index (κ3) is 4.75. The second-order valence-electron chi connectivity index (χ2n) is 6.21. The van der Waals surface area contributed by atoms with Crippen LogP contribution < -0.4 is 10.6 Å². The lowest BCUT2D eigenvalue weighted by atomic mass is 9.95. The van der Waals surface area contributed by atoms with Gasteiger partial charge in [-0.2, -0.15) is 0 Å². The van der Waals surface area contributed by atoms with E-state index in [0.29, 0.717) is 6.04 Å². The smallest absolute Gasteiger partial charge is 0.412 e. The van der Waals surface area contributed by atoms with Crippen LogP contribution in [-0.4, -0.2) is 12.1 Å². The molecule has 0 radical (unpaired) electrons. The summed E-state index contributed by atoms with van der Waals surface area (Å²) in [4.78, 5) is 12.1. The molecule has 0 saturated heterocycles. The van der Waals surface area contributed by atoms with E-state index < -0.39 is 6.09 Å². The van der Waals surface area contributed by atoms with Gasteiger partial charge in [0.25, 0.3) is 0 Å².